The van der Waals surface area contributed by atoms with Crippen molar-refractivity contribution in [1.82, 2.24) is 4.57 Å². The van der Waals surface area contributed by atoms with E-state index in [1.807, 2.05) is 18.2 Å². The maximum atomic E-state index is 13.5. The van der Waals surface area contributed by atoms with Crippen molar-refractivity contribution in [1.29, 1.82) is 5.26 Å². The summed E-state index contributed by atoms with van der Waals surface area (Å²) in [5, 5.41) is 23.9. The molecule has 3 aromatic carbocycles. The minimum Gasteiger partial charge on any atom is -0.321 e. The van der Waals surface area contributed by atoms with Crippen molar-refractivity contribution >= 4 is 40.3 Å². The highest BCUT2D eigenvalue weighted by Gasteiger charge is 2.17. The van der Waals surface area contributed by atoms with E-state index in [1.165, 1.54) is 28.8 Å². The van der Waals surface area contributed by atoms with Crippen LogP contribution in [0.15, 0.2) is 83.7 Å². The largest absolute Gasteiger partial charge is 0.321 e. The Balaban J connectivity index is 1.89. The summed E-state index contributed by atoms with van der Waals surface area (Å²) in [7, 11) is 0. The number of benzene rings is 3. The van der Waals surface area contributed by atoms with Gasteiger partial charge in [-0.25, -0.2) is 0 Å². The topological polar surface area (TPSA) is 118 Å². The summed E-state index contributed by atoms with van der Waals surface area (Å²) in [6, 6.07) is 23.9. The molecule has 1 amide bonds. The zero-order valence-corrected chi connectivity index (χ0v) is 20.9. The molecular weight excluding hydrogens is 488 g/mol. The molecule has 0 atom stereocenters. The molecule has 1 heterocycles. The van der Waals surface area contributed by atoms with Gasteiger partial charge in [0, 0.05) is 17.8 Å². The molecule has 184 valence electrons. The van der Waals surface area contributed by atoms with Crippen LogP contribution in [0.25, 0.3) is 17.3 Å². The van der Waals surface area contributed by atoms with E-state index < -0.39 is 16.4 Å². The molecule has 0 aliphatic heterocycles. The average Bonchev–Trinajstić information content (AvgIpc) is 3.20. The van der Waals surface area contributed by atoms with E-state index >= 15 is 0 Å². The number of hydrogen-bond acceptors (Lipinski definition) is 6. The number of anilines is 1. The number of hydrogen-bond donors (Lipinski definition) is 1. The van der Waals surface area contributed by atoms with Gasteiger partial charge in [-0.15, -0.1) is 11.3 Å². The lowest BCUT2D eigenvalue weighted by Gasteiger charge is -2.08. The smallest absolute Gasteiger partial charge is 0.273 e. The molecule has 1 aromatic heterocycles. The van der Waals surface area contributed by atoms with Gasteiger partial charge in [-0.3, -0.25) is 24.3 Å². The van der Waals surface area contributed by atoms with Gasteiger partial charge in [0.15, 0.2) is 5.57 Å². The SMILES string of the molecule is CC(C)c1ccc(NC(=O)/C(C#N)=c2\s/c(=C/c3cccc([N+](=O)[O-])c3)c(=O)n2-c2ccccc2)cc1. The van der Waals surface area contributed by atoms with Crippen molar-refractivity contribution in [2.45, 2.75) is 19.8 Å². The molecule has 0 unspecified atom stereocenters. The fourth-order valence-corrected chi connectivity index (χ4v) is 4.78. The molecule has 0 fully saturated rings. The van der Waals surface area contributed by atoms with Crippen LogP contribution in [0.2, 0.25) is 0 Å². The molecule has 0 saturated carbocycles. The summed E-state index contributed by atoms with van der Waals surface area (Å²) in [5.74, 6) is -0.314. The molecule has 4 rings (SSSR count). The number of nitrogens with one attached hydrogen (secondary N) is 1. The number of nitro groups is 1. The standard InChI is InChI=1S/C28H22N4O4S/c1-18(2)20-11-13-21(14-12-20)30-26(33)24(17-29)28-31(22-8-4-3-5-9-22)27(34)25(37-28)16-19-7-6-10-23(15-19)32(35)36/h3-16,18H,1-2H3,(H,30,33)/b25-16+,28-24-. The summed E-state index contributed by atoms with van der Waals surface area (Å²) < 4.78 is 1.70. The molecule has 0 saturated heterocycles. The van der Waals surface area contributed by atoms with Crippen molar-refractivity contribution in [2.75, 3.05) is 5.32 Å². The van der Waals surface area contributed by atoms with Crippen LogP contribution in [0.1, 0.15) is 30.9 Å². The van der Waals surface area contributed by atoms with Crippen LogP contribution in [0.4, 0.5) is 11.4 Å². The molecule has 0 aliphatic rings. The number of nitro benzene ring substituents is 1. The van der Waals surface area contributed by atoms with Crippen LogP contribution >= 0.6 is 11.3 Å². The number of carbonyl (C=O) groups excluding carboxylic acids is 1. The minimum absolute atomic E-state index is 0.110. The Kier molecular flexibility index (Phi) is 7.41. The first kappa shape index (κ1) is 25.3. The van der Waals surface area contributed by atoms with Crippen molar-refractivity contribution in [3.8, 4) is 11.8 Å². The summed E-state index contributed by atoms with van der Waals surface area (Å²) in [6.07, 6.45) is 1.51. The Morgan fingerprint density at radius 2 is 1.78 bits per heavy atom. The van der Waals surface area contributed by atoms with Gasteiger partial charge in [0.2, 0.25) is 0 Å². The quantitative estimate of drug-likeness (QED) is 0.310. The Hall–Kier alpha value is -4.81. The third-order valence-electron chi connectivity index (χ3n) is 5.60. The number of nitriles is 1. The number of non-ortho nitro benzene ring substituents is 1. The summed E-state index contributed by atoms with van der Waals surface area (Å²) in [6.45, 7) is 4.13. The third-order valence-corrected chi connectivity index (χ3v) is 6.70. The zero-order chi connectivity index (χ0) is 26.5. The minimum atomic E-state index is -0.646. The maximum Gasteiger partial charge on any atom is 0.273 e. The second kappa shape index (κ2) is 10.8. The van der Waals surface area contributed by atoms with Crippen LogP contribution in [0.3, 0.4) is 0 Å². The number of thiazole rings is 1. The Bertz CT molecular complexity index is 1700. The number of rotatable bonds is 6. The van der Waals surface area contributed by atoms with Crippen LogP contribution in [-0.4, -0.2) is 15.4 Å². The third kappa shape index (κ3) is 5.55. The van der Waals surface area contributed by atoms with Gasteiger partial charge in [0.1, 0.15) is 10.7 Å². The van der Waals surface area contributed by atoms with Gasteiger partial charge >= 0.3 is 0 Å². The fourth-order valence-electron chi connectivity index (χ4n) is 3.68. The Labute approximate surface area is 216 Å². The van der Waals surface area contributed by atoms with Gasteiger partial charge in [0.25, 0.3) is 17.2 Å². The van der Waals surface area contributed by atoms with Crippen molar-refractivity contribution < 1.29 is 9.72 Å². The maximum absolute atomic E-state index is 13.5. The molecule has 8 nitrogen and oxygen atoms in total. The van der Waals surface area contributed by atoms with E-state index in [0.29, 0.717) is 22.9 Å². The van der Waals surface area contributed by atoms with Gasteiger partial charge in [-0.2, -0.15) is 5.26 Å². The number of carbonyl (C=O) groups is 1. The first-order chi connectivity index (χ1) is 17.8. The van der Waals surface area contributed by atoms with E-state index in [-0.39, 0.29) is 20.5 Å². The Morgan fingerprint density at radius 3 is 2.41 bits per heavy atom. The molecule has 0 spiro atoms. The molecule has 37 heavy (non-hydrogen) atoms. The first-order valence-electron chi connectivity index (χ1n) is 11.4. The first-order valence-corrected chi connectivity index (χ1v) is 12.2. The van der Waals surface area contributed by atoms with Gasteiger partial charge in [0.05, 0.1) is 15.1 Å². The predicted octanol–water partition coefficient (Wildman–Crippen LogP) is 4.07. The molecule has 9 heteroatoms. The molecule has 4 aromatic rings. The van der Waals surface area contributed by atoms with Crippen LogP contribution < -0.4 is 20.1 Å². The number of nitrogens with zero attached hydrogens (tertiary/aromatic N) is 3. The van der Waals surface area contributed by atoms with E-state index in [9.17, 15) is 25.0 Å². The van der Waals surface area contributed by atoms with Gasteiger partial charge < -0.3 is 5.32 Å². The normalized spacial score (nSPS) is 12.2. The lowest BCUT2D eigenvalue weighted by molar-refractivity contribution is -0.384. The molecular formula is C28H22N4O4S. The van der Waals surface area contributed by atoms with E-state index in [2.05, 4.69) is 19.2 Å². The fraction of sp³-hybridized carbons (Fsp3) is 0.107. The number of aromatic nitrogens is 1. The van der Waals surface area contributed by atoms with Gasteiger partial charge in [-0.1, -0.05) is 56.3 Å². The zero-order valence-electron chi connectivity index (χ0n) is 20.0. The second-order valence-corrected chi connectivity index (χ2v) is 9.49. The average molecular weight is 511 g/mol. The molecule has 0 aliphatic carbocycles. The monoisotopic (exact) mass is 510 g/mol. The van der Waals surface area contributed by atoms with E-state index in [4.69, 9.17) is 0 Å². The predicted molar refractivity (Wildman–Crippen MR) is 144 cm³/mol. The lowest BCUT2D eigenvalue weighted by atomic mass is 10.0. The van der Waals surface area contributed by atoms with Crippen LogP contribution in [0, 0.1) is 21.4 Å². The molecule has 1 N–H and O–H groups in total. The van der Waals surface area contributed by atoms with Crippen molar-refractivity contribution in [2.24, 2.45) is 0 Å². The molecule has 0 bridgehead atoms. The highest BCUT2D eigenvalue weighted by atomic mass is 32.1. The van der Waals surface area contributed by atoms with Gasteiger partial charge in [-0.05, 0) is 47.4 Å². The van der Waals surface area contributed by atoms with Crippen LogP contribution in [-0.2, 0) is 4.79 Å². The number of amides is 1. The molecule has 0 radical (unpaired) electrons. The summed E-state index contributed by atoms with van der Waals surface area (Å²) >= 11 is 0.973. The van der Waals surface area contributed by atoms with E-state index in [1.54, 1.807) is 48.5 Å². The lowest BCUT2D eigenvalue weighted by Crippen LogP contribution is -2.32. The van der Waals surface area contributed by atoms with Crippen LogP contribution in [0.5, 0.6) is 0 Å². The van der Waals surface area contributed by atoms with Crippen molar-refractivity contribution in [3.63, 3.8) is 0 Å². The van der Waals surface area contributed by atoms with E-state index in [0.717, 1.165) is 16.9 Å². The van der Waals surface area contributed by atoms with Crippen molar-refractivity contribution in [3.05, 3.63) is 120 Å². The Morgan fingerprint density at radius 1 is 1.08 bits per heavy atom. The number of para-hydroxylation sites is 1. The second-order valence-electron chi connectivity index (χ2n) is 8.46. The summed E-state index contributed by atoms with van der Waals surface area (Å²) in [4.78, 5) is 37.3. The highest BCUT2D eigenvalue weighted by molar-refractivity contribution is 7.07. The highest BCUT2D eigenvalue weighted by Crippen LogP contribution is 2.18. The summed E-state index contributed by atoms with van der Waals surface area (Å²) in [5.41, 5.74) is 1.79.